The Bertz CT molecular complexity index is 1070. The van der Waals surface area contributed by atoms with Gasteiger partial charge in [0.25, 0.3) is 5.56 Å². The number of nitrogens with one attached hydrogen (secondary N) is 1. The number of H-pyrrole nitrogens is 1. The topological polar surface area (TPSA) is 270 Å². The van der Waals surface area contributed by atoms with Gasteiger partial charge in [0.05, 0.1) is 12.7 Å². The Kier molecular flexibility index (Phi) is 8.92. The van der Waals surface area contributed by atoms with Gasteiger partial charge in [-0.25, -0.2) is 18.5 Å². The van der Waals surface area contributed by atoms with E-state index < -0.39 is 59.8 Å². The number of hydrogen-bond donors (Lipinski definition) is 7. The fourth-order valence-electron chi connectivity index (χ4n) is 2.72. The molecule has 0 radical (unpaired) electrons. The molecule has 184 valence electrons. The molecule has 17 nitrogen and oxygen atoms in total. The minimum atomic E-state index is -5.69. The molecule has 0 saturated carbocycles. The number of aromatic amines is 1. The monoisotopic (exact) mass is 525 g/mol. The Labute approximate surface area is 179 Å². The summed E-state index contributed by atoms with van der Waals surface area (Å²) in [7, 11) is -16.6. The third-order valence-corrected chi connectivity index (χ3v) is 7.83. The normalized spacial score (nSPS) is 25.4. The average Bonchev–Trinajstić information content (AvgIpc) is 2.97. The van der Waals surface area contributed by atoms with Crippen LogP contribution in [0.1, 0.15) is 24.6 Å². The average molecular weight is 525 g/mol. The Morgan fingerprint density at radius 1 is 1.16 bits per heavy atom. The minimum Gasteiger partial charge on any atom is -0.390 e. The Balaban J connectivity index is 2.06. The highest BCUT2D eigenvalue weighted by molar-refractivity contribution is 7.66. The van der Waals surface area contributed by atoms with Crippen LogP contribution in [0.15, 0.2) is 15.8 Å². The number of phosphoric ester groups is 1. The van der Waals surface area contributed by atoms with E-state index in [9.17, 15) is 33.3 Å². The van der Waals surface area contributed by atoms with E-state index in [1.807, 2.05) is 0 Å². The van der Waals surface area contributed by atoms with Crippen LogP contribution < -0.4 is 17.0 Å². The lowest BCUT2D eigenvalue weighted by molar-refractivity contribution is -0.0450. The molecule has 0 bridgehead atoms. The Morgan fingerprint density at radius 3 is 2.41 bits per heavy atom. The van der Waals surface area contributed by atoms with Gasteiger partial charge in [0.15, 0.2) is 0 Å². The molecule has 2 rings (SSSR count). The van der Waals surface area contributed by atoms with Crippen molar-refractivity contribution in [2.75, 3.05) is 13.2 Å². The van der Waals surface area contributed by atoms with Crippen LogP contribution in [0.2, 0.25) is 0 Å². The fraction of sp³-hybridized carbons (Fsp3) is 0.667. The van der Waals surface area contributed by atoms with Crippen LogP contribution in [0.4, 0.5) is 0 Å². The van der Waals surface area contributed by atoms with Gasteiger partial charge in [-0.3, -0.25) is 18.9 Å². The largest absolute Gasteiger partial charge is 0.490 e. The van der Waals surface area contributed by atoms with E-state index in [2.05, 4.69) is 18.1 Å². The van der Waals surface area contributed by atoms with Crippen molar-refractivity contribution in [1.82, 2.24) is 9.55 Å². The zero-order valence-electron chi connectivity index (χ0n) is 16.1. The first-order valence-electron chi connectivity index (χ1n) is 8.79. The number of aliphatic hydroxyl groups excluding tert-OH is 1. The molecule has 1 aromatic rings. The van der Waals surface area contributed by atoms with Crippen molar-refractivity contribution >= 4 is 23.5 Å². The van der Waals surface area contributed by atoms with Crippen molar-refractivity contribution < 1.29 is 56.3 Å². The molecule has 32 heavy (non-hydrogen) atoms. The van der Waals surface area contributed by atoms with Gasteiger partial charge in [0.1, 0.15) is 12.3 Å². The summed E-state index contributed by atoms with van der Waals surface area (Å²) in [6, 6.07) is 0. The standard InChI is InChI=1S/C12H22N3O14P3/c13-3-1-2-7-5-15(12(18)14-11(7)17)10-4-8(16)9(27-10)6-26-31(22,23)29-32(24,25)28-30(19,20)21/h5,8-10,16H,1-4,6,13H2,(H,22,23)(H,24,25)(H,14,17,18)(H2,19,20,21)/t8?,9-,10-/m1/s1. The molecule has 1 aliphatic rings. The molecular weight excluding hydrogens is 503 g/mol. The molecule has 0 aromatic carbocycles. The molecule has 0 spiro atoms. The molecule has 5 atom stereocenters. The summed E-state index contributed by atoms with van der Waals surface area (Å²) in [4.78, 5) is 61.6. The van der Waals surface area contributed by atoms with Crippen LogP contribution >= 0.6 is 23.5 Å². The first-order valence-corrected chi connectivity index (χ1v) is 13.3. The second-order valence-corrected chi connectivity index (χ2v) is 11.0. The zero-order valence-corrected chi connectivity index (χ0v) is 18.8. The van der Waals surface area contributed by atoms with E-state index in [0.29, 0.717) is 13.0 Å². The van der Waals surface area contributed by atoms with Crippen LogP contribution in [-0.2, 0) is 38.0 Å². The van der Waals surface area contributed by atoms with Crippen LogP contribution in [0, 0.1) is 0 Å². The molecule has 20 heteroatoms. The first kappa shape index (κ1) is 27.2. The van der Waals surface area contributed by atoms with Crippen molar-refractivity contribution in [3.63, 3.8) is 0 Å². The fourth-order valence-corrected chi connectivity index (χ4v) is 5.75. The smallest absolute Gasteiger partial charge is 0.390 e. The van der Waals surface area contributed by atoms with Crippen molar-refractivity contribution in [3.05, 3.63) is 32.6 Å². The highest BCUT2D eigenvalue weighted by Crippen LogP contribution is 2.66. The molecule has 0 amide bonds. The van der Waals surface area contributed by atoms with Crippen molar-refractivity contribution in [2.45, 2.75) is 37.7 Å². The number of nitrogens with two attached hydrogens (primary N) is 1. The van der Waals surface area contributed by atoms with Gasteiger partial charge in [-0.15, -0.1) is 0 Å². The highest BCUT2D eigenvalue weighted by atomic mass is 31.3. The van der Waals surface area contributed by atoms with Crippen molar-refractivity contribution in [3.8, 4) is 0 Å². The summed E-state index contributed by atoms with van der Waals surface area (Å²) in [5.41, 5.74) is 4.20. The lowest BCUT2D eigenvalue weighted by Crippen LogP contribution is -2.34. The predicted molar refractivity (Wildman–Crippen MR) is 103 cm³/mol. The SMILES string of the molecule is NCCCc1cn([C@H]2CC(O)[C@@H](COP(=O)(O)OP(=O)(O)OP(=O)(O)O)O2)c(=O)[nH]c1=O. The minimum absolute atomic E-state index is 0.188. The number of hydrogen-bond acceptors (Lipinski definition) is 11. The second kappa shape index (κ2) is 10.5. The van der Waals surface area contributed by atoms with E-state index >= 15 is 0 Å². The van der Waals surface area contributed by atoms with Gasteiger partial charge < -0.3 is 35.2 Å². The summed E-state index contributed by atoms with van der Waals surface area (Å²) >= 11 is 0. The van der Waals surface area contributed by atoms with E-state index in [1.54, 1.807) is 0 Å². The van der Waals surface area contributed by atoms with Gasteiger partial charge in [-0.05, 0) is 19.4 Å². The quantitative estimate of drug-likeness (QED) is 0.161. The molecular formula is C12H22N3O14P3. The van der Waals surface area contributed by atoms with Crippen molar-refractivity contribution in [1.29, 1.82) is 0 Å². The number of phosphoric acid groups is 3. The number of ether oxygens (including phenoxy) is 1. The molecule has 1 saturated heterocycles. The third-order valence-electron chi connectivity index (χ3n) is 4.02. The molecule has 1 aliphatic heterocycles. The van der Waals surface area contributed by atoms with E-state index in [1.165, 1.54) is 6.20 Å². The predicted octanol–water partition coefficient (Wildman–Crippen LogP) is -1.58. The first-order chi connectivity index (χ1) is 14.6. The summed E-state index contributed by atoms with van der Waals surface area (Å²) in [5.74, 6) is 0. The van der Waals surface area contributed by atoms with E-state index in [-0.39, 0.29) is 18.4 Å². The van der Waals surface area contributed by atoms with Crippen LogP contribution in [0.25, 0.3) is 0 Å². The summed E-state index contributed by atoms with van der Waals surface area (Å²) < 4.78 is 51.7. The lowest BCUT2D eigenvalue weighted by atomic mass is 10.1. The maximum absolute atomic E-state index is 12.1. The number of aliphatic hydroxyl groups is 1. The van der Waals surface area contributed by atoms with Gasteiger partial charge >= 0.3 is 29.2 Å². The molecule has 2 heterocycles. The molecule has 3 unspecified atom stereocenters. The lowest BCUT2D eigenvalue weighted by Gasteiger charge is -2.19. The second-order valence-electron chi connectivity index (χ2n) is 6.53. The third kappa shape index (κ3) is 8.08. The maximum atomic E-state index is 12.1. The Morgan fingerprint density at radius 2 is 1.81 bits per heavy atom. The zero-order chi connectivity index (χ0) is 24.3. The summed E-state index contributed by atoms with van der Waals surface area (Å²) in [6.07, 6.45) is -1.96. The van der Waals surface area contributed by atoms with Crippen LogP contribution in [0.5, 0.6) is 0 Å². The van der Waals surface area contributed by atoms with Crippen molar-refractivity contribution in [2.24, 2.45) is 5.73 Å². The Hall–Kier alpha value is -1.03. The molecule has 1 aromatic heterocycles. The van der Waals surface area contributed by atoms with E-state index in [0.717, 1.165) is 4.57 Å². The molecule has 1 fully saturated rings. The number of nitrogens with zero attached hydrogens (tertiary/aromatic N) is 1. The number of aromatic nitrogens is 2. The molecule has 8 N–H and O–H groups in total. The van der Waals surface area contributed by atoms with Crippen LogP contribution in [-0.4, -0.2) is 59.6 Å². The van der Waals surface area contributed by atoms with Gasteiger partial charge in [-0.2, -0.15) is 8.62 Å². The van der Waals surface area contributed by atoms with Gasteiger partial charge in [0.2, 0.25) is 0 Å². The van der Waals surface area contributed by atoms with Gasteiger partial charge in [0, 0.05) is 18.2 Å². The number of rotatable bonds is 11. The molecule has 0 aliphatic carbocycles. The maximum Gasteiger partial charge on any atom is 0.490 e. The number of aryl methyl sites for hydroxylation is 1. The van der Waals surface area contributed by atoms with Crippen LogP contribution in [0.3, 0.4) is 0 Å². The summed E-state index contributed by atoms with van der Waals surface area (Å²) in [6.45, 7) is -0.584. The summed E-state index contributed by atoms with van der Waals surface area (Å²) in [5, 5.41) is 10.1. The van der Waals surface area contributed by atoms with E-state index in [4.69, 9.17) is 25.2 Å². The highest BCUT2D eigenvalue weighted by Gasteiger charge is 2.43. The van der Waals surface area contributed by atoms with Gasteiger partial charge in [-0.1, -0.05) is 0 Å².